The minimum Gasteiger partial charge on any atom is -0.379 e. The third-order valence-corrected chi connectivity index (χ3v) is 3.40. The van der Waals surface area contributed by atoms with Crippen molar-refractivity contribution < 1.29 is 9.53 Å². The third-order valence-electron chi connectivity index (χ3n) is 3.40. The van der Waals surface area contributed by atoms with Crippen LogP contribution < -0.4 is 5.32 Å². The Hall–Kier alpha value is -0.870. The fourth-order valence-corrected chi connectivity index (χ4v) is 2.17. The van der Waals surface area contributed by atoms with Crippen molar-refractivity contribution in [3.05, 3.63) is 11.6 Å². The molecule has 1 rings (SSSR count). The van der Waals surface area contributed by atoms with E-state index in [1.165, 1.54) is 0 Å². The molecule has 1 saturated heterocycles. The molecule has 1 amide bonds. The van der Waals surface area contributed by atoms with Gasteiger partial charge in [0.1, 0.15) is 0 Å². The smallest absolute Gasteiger partial charge is 0.248 e. The number of amides is 1. The van der Waals surface area contributed by atoms with E-state index in [0.29, 0.717) is 6.54 Å². The van der Waals surface area contributed by atoms with Crippen LogP contribution in [0.4, 0.5) is 0 Å². The fourth-order valence-electron chi connectivity index (χ4n) is 2.17. The van der Waals surface area contributed by atoms with Crippen LogP contribution in [-0.2, 0) is 9.53 Å². The summed E-state index contributed by atoms with van der Waals surface area (Å²) in [5.74, 6) is 0.0522. The molecule has 0 aromatic rings. The quantitative estimate of drug-likeness (QED) is 0.791. The second-order valence-corrected chi connectivity index (χ2v) is 6.31. The van der Waals surface area contributed by atoms with Crippen molar-refractivity contribution in [1.29, 1.82) is 0 Å². The lowest BCUT2D eigenvalue weighted by Crippen LogP contribution is -2.46. The highest BCUT2D eigenvalue weighted by atomic mass is 16.5. The molecule has 0 spiro atoms. The Bertz CT molecular complexity index is 326. The van der Waals surface area contributed by atoms with E-state index in [1.54, 1.807) is 0 Å². The molecular weight excluding hydrogens is 240 g/mol. The SMILES string of the molecule is C/C=C(/C(=O)NCC(C)(C)C)C(C)N1CCOCC1. The summed E-state index contributed by atoms with van der Waals surface area (Å²) in [4.78, 5) is 14.6. The van der Waals surface area contributed by atoms with E-state index in [4.69, 9.17) is 4.74 Å². The molecule has 4 heteroatoms. The van der Waals surface area contributed by atoms with Gasteiger partial charge in [0.2, 0.25) is 5.91 Å². The molecule has 4 nitrogen and oxygen atoms in total. The zero-order chi connectivity index (χ0) is 14.5. The molecule has 1 aliphatic rings. The molecular formula is C15H28N2O2. The number of nitrogens with zero attached hydrogens (tertiary/aromatic N) is 1. The first kappa shape index (κ1) is 16.2. The fraction of sp³-hybridized carbons (Fsp3) is 0.800. The molecule has 110 valence electrons. The molecule has 19 heavy (non-hydrogen) atoms. The summed E-state index contributed by atoms with van der Waals surface area (Å²) in [6, 6.07) is 0.147. The Labute approximate surface area is 117 Å². The van der Waals surface area contributed by atoms with Crippen LogP contribution in [0, 0.1) is 5.41 Å². The summed E-state index contributed by atoms with van der Waals surface area (Å²) < 4.78 is 5.35. The summed E-state index contributed by atoms with van der Waals surface area (Å²) in [5, 5.41) is 3.03. The van der Waals surface area contributed by atoms with Crippen LogP contribution in [0.2, 0.25) is 0 Å². The van der Waals surface area contributed by atoms with E-state index in [-0.39, 0.29) is 17.4 Å². The average Bonchev–Trinajstić information content (AvgIpc) is 2.37. The van der Waals surface area contributed by atoms with Crippen molar-refractivity contribution in [3.8, 4) is 0 Å². The van der Waals surface area contributed by atoms with Crippen molar-refractivity contribution in [2.24, 2.45) is 5.41 Å². The number of nitrogens with one attached hydrogen (secondary N) is 1. The van der Waals surface area contributed by atoms with Crippen molar-refractivity contribution in [3.63, 3.8) is 0 Å². The molecule has 0 aromatic heterocycles. The van der Waals surface area contributed by atoms with Gasteiger partial charge in [-0.15, -0.1) is 0 Å². The van der Waals surface area contributed by atoms with E-state index in [0.717, 1.165) is 31.9 Å². The number of hydrogen-bond acceptors (Lipinski definition) is 3. The van der Waals surface area contributed by atoms with E-state index < -0.39 is 0 Å². The van der Waals surface area contributed by atoms with Gasteiger partial charge in [0, 0.05) is 31.2 Å². The normalized spacial score (nSPS) is 20.2. The highest BCUT2D eigenvalue weighted by molar-refractivity contribution is 5.94. The predicted octanol–water partition coefficient (Wildman–Crippen LogP) is 1.82. The van der Waals surface area contributed by atoms with E-state index in [9.17, 15) is 4.79 Å². The van der Waals surface area contributed by atoms with Crippen molar-refractivity contribution in [2.75, 3.05) is 32.8 Å². The summed E-state index contributed by atoms with van der Waals surface area (Å²) >= 11 is 0. The lowest BCUT2D eigenvalue weighted by Gasteiger charge is -2.33. The van der Waals surface area contributed by atoms with Gasteiger partial charge in [0.25, 0.3) is 0 Å². The third kappa shape index (κ3) is 5.33. The number of allylic oxidation sites excluding steroid dienone is 1. The van der Waals surface area contributed by atoms with Crippen LogP contribution in [-0.4, -0.2) is 49.7 Å². The first-order chi connectivity index (χ1) is 8.85. The zero-order valence-corrected chi connectivity index (χ0v) is 13.0. The van der Waals surface area contributed by atoms with Crippen LogP contribution in [0.5, 0.6) is 0 Å². The Balaban J connectivity index is 2.58. The Kier molecular flexibility index (Phi) is 6.01. The van der Waals surface area contributed by atoms with Crippen LogP contribution in [0.25, 0.3) is 0 Å². The highest BCUT2D eigenvalue weighted by Crippen LogP contribution is 2.15. The Morgan fingerprint density at radius 2 is 1.95 bits per heavy atom. The molecule has 1 N–H and O–H groups in total. The molecule has 0 radical (unpaired) electrons. The van der Waals surface area contributed by atoms with E-state index in [1.807, 2.05) is 13.0 Å². The van der Waals surface area contributed by atoms with Crippen LogP contribution in [0.1, 0.15) is 34.6 Å². The maximum atomic E-state index is 12.3. The molecule has 1 unspecified atom stereocenters. The van der Waals surface area contributed by atoms with Crippen LogP contribution in [0.15, 0.2) is 11.6 Å². The number of rotatable bonds is 4. The van der Waals surface area contributed by atoms with Gasteiger partial charge in [-0.05, 0) is 19.3 Å². The molecule has 0 bridgehead atoms. The standard InChI is InChI=1S/C15H28N2O2/c1-6-13(14(18)16-11-15(3,4)5)12(2)17-7-9-19-10-8-17/h6,12H,7-11H2,1-5H3,(H,16,18)/b13-6+. The van der Waals surface area contributed by atoms with E-state index >= 15 is 0 Å². The summed E-state index contributed by atoms with van der Waals surface area (Å²) in [7, 11) is 0. The highest BCUT2D eigenvalue weighted by Gasteiger charge is 2.24. The van der Waals surface area contributed by atoms with Gasteiger partial charge in [0.15, 0.2) is 0 Å². The number of ether oxygens (including phenoxy) is 1. The summed E-state index contributed by atoms with van der Waals surface area (Å²) in [6.45, 7) is 14.4. The minimum absolute atomic E-state index is 0.0522. The van der Waals surface area contributed by atoms with Crippen molar-refractivity contribution >= 4 is 5.91 Å². The number of hydrogen-bond donors (Lipinski definition) is 1. The van der Waals surface area contributed by atoms with Crippen LogP contribution in [0.3, 0.4) is 0 Å². The molecule has 1 heterocycles. The van der Waals surface area contributed by atoms with Gasteiger partial charge < -0.3 is 10.1 Å². The summed E-state index contributed by atoms with van der Waals surface area (Å²) in [5.41, 5.74) is 0.961. The van der Waals surface area contributed by atoms with Gasteiger partial charge in [-0.25, -0.2) is 0 Å². The summed E-state index contributed by atoms with van der Waals surface area (Å²) in [6.07, 6.45) is 1.93. The monoisotopic (exact) mass is 268 g/mol. The lowest BCUT2D eigenvalue weighted by atomic mass is 9.96. The van der Waals surface area contributed by atoms with Gasteiger partial charge in [0.05, 0.1) is 13.2 Å². The molecule has 0 aliphatic carbocycles. The van der Waals surface area contributed by atoms with Gasteiger partial charge in [-0.1, -0.05) is 26.8 Å². The minimum atomic E-state index is 0.0522. The maximum absolute atomic E-state index is 12.3. The van der Waals surface area contributed by atoms with Crippen molar-refractivity contribution in [1.82, 2.24) is 10.2 Å². The number of carbonyl (C=O) groups excluding carboxylic acids is 1. The first-order valence-electron chi connectivity index (χ1n) is 7.11. The molecule has 1 atom stereocenters. The van der Waals surface area contributed by atoms with E-state index in [2.05, 4.69) is 37.9 Å². The molecule has 0 saturated carbocycles. The Morgan fingerprint density at radius 3 is 2.42 bits per heavy atom. The largest absolute Gasteiger partial charge is 0.379 e. The molecule has 1 aliphatic heterocycles. The zero-order valence-electron chi connectivity index (χ0n) is 13.0. The van der Waals surface area contributed by atoms with Gasteiger partial charge >= 0.3 is 0 Å². The topological polar surface area (TPSA) is 41.6 Å². The molecule has 0 aromatic carbocycles. The molecule has 1 fully saturated rings. The number of morpholine rings is 1. The average molecular weight is 268 g/mol. The maximum Gasteiger partial charge on any atom is 0.248 e. The van der Waals surface area contributed by atoms with Gasteiger partial charge in [-0.3, -0.25) is 9.69 Å². The predicted molar refractivity (Wildman–Crippen MR) is 78.1 cm³/mol. The van der Waals surface area contributed by atoms with Crippen LogP contribution >= 0.6 is 0 Å². The number of carbonyl (C=O) groups is 1. The van der Waals surface area contributed by atoms with Gasteiger partial charge in [-0.2, -0.15) is 0 Å². The Morgan fingerprint density at radius 1 is 1.37 bits per heavy atom. The second-order valence-electron chi connectivity index (χ2n) is 6.31. The van der Waals surface area contributed by atoms with Crippen molar-refractivity contribution in [2.45, 2.75) is 40.7 Å². The first-order valence-corrected chi connectivity index (χ1v) is 7.11. The lowest BCUT2D eigenvalue weighted by molar-refractivity contribution is -0.118. The second kappa shape index (κ2) is 7.06.